The van der Waals surface area contributed by atoms with Crippen molar-refractivity contribution in [2.45, 2.75) is 45.4 Å². The first-order valence-corrected chi connectivity index (χ1v) is 20.5. The topological polar surface area (TPSA) is 0 Å². The zero-order chi connectivity index (χ0) is 39.4. The summed E-state index contributed by atoms with van der Waals surface area (Å²) in [5.74, 6) is 0.0104. The normalized spacial score (nSPS) is 20.4. The van der Waals surface area contributed by atoms with Gasteiger partial charge in [0, 0.05) is 11.3 Å². The fraction of sp³-hybridized carbons (Fsp3) is 0.143. The summed E-state index contributed by atoms with van der Waals surface area (Å²) in [6, 6.07) is 47.4. The Morgan fingerprint density at radius 2 is 1.37 bits per heavy atom. The third kappa shape index (κ3) is 7.09. The van der Waals surface area contributed by atoms with Crippen molar-refractivity contribution in [3.8, 4) is 0 Å². The Labute approximate surface area is 340 Å². The van der Waals surface area contributed by atoms with E-state index in [4.69, 9.17) is 6.58 Å². The molecule has 57 heavy (non-hydrogen) atoms. The Bertz CT molecular complexity index is 2590. The Hall–Kier alpha value is -6.18. The second-order valence-corrected chi connectivity index (χ2v) is 15.6. The third-order valence-corrected chi connectivity index (χ3v) is 12.3. The summed E-state index contributed by atoms with van der Waals surface area (Å²) >= 11 is 0. The van der Waals surface area contributed by atoms with E-state index >= 15 is 0 Å². The minimum atomic E-state index is -0.478. The van der Waals surface area contributed by atoms with Crippen molar-refractivity contribution >= 4 is 44.8 Å². The third-order valence-electron chi connectivity index (χ3n) is 12.3. The van der Waals surface area contributed by atoms with E-state index in [0.29, 0.717) is 0 Å². The number of allylic oxidation sites excluding steroid dienone is 14. The van der Waals surface area contributed by atoms with Crippen molar-refractivity contribution in [1.29, 1.82) is 0 Å². The number of benzene rings is 6. The number of hydrogen-bond donors (Lipinski definition) is 0. The average Bonchev–Trinajstić information content (AvgIpc) is 3.32. The molecule has 2 aliphatic rings. The SMILES string of the molecule is C=CC1/C=C\C=C/CC(c2ccccc2)(c2cccc(C3=CC(B(c4c(C)ccc5ccccc45)c4c(C)ccc5ccccc45)=CCC3)c2)/C(=C/C=C\C)C1=C. The van der Waals surface area contributed by atoms with Gasteiger partial charge in [0.1, 0.15) is 0 Å². The van der Waals surface area contributed by atoms with Gasteiger partial charge in [-0.05, 0) is 95.0 Å². The Morgan fingerprint density at radius 1 is 0.719 bits per heavy atom. The highest BCUT2D eigenvalue weighted by Crippen LogP contribution is 2.48. The second-order valence-electron chi connectivity index (χ2n) is 15.6. The lowest BCUT2D eigenvalue weighted by atomic mass is 9.33. The monoisotopic (exact) mass is 734 g/mol. The van der Waals surface area contributed by atoms with E-state index in [9.17, 15) is 0 Å². The van der Waals surface area contributed by atoms with E-state index in [-0.39, 0.29) is 12.6 Å². The summed E-state index contributed by atoms with van der Waals surface area (Å²) in [6.45, 7) is 15.7. The second kappa shape index (κ2) is 16.5. The molecule has 0 spiro atoms. The molecular weight excluding hydrogens is 683 g/mol. The Kier molecular flexibility index (Phi) is 10.9. The number of hydrogen-bond acceptors (Lipinski definition) is 0. The van der Waals surface area contributed by atoms with Crippen molar-refractivity contribution in [3.05, 3.63) is 246 Å². The summed E-state index contributed by atoms with van der Waals surface area (Å²) in [5, 5.41) is 5.21. The summed E-state index contributed by atoms with van der Waals surface area (Å²) in [5.41, 5.74) is 13.8. The van der Waals surface area contributed by atoms with Crippen molar-refractivity contribution in [2.24, 2.45) is 5.92 Å². The van der Waals surface area contributed by atoms with Crippen LogP contribution in [0.25, 0.3) is 27.1 Å². The van der Waals surface area contributed by atoms with Crippen LogP contribution in [0, 0.1) is 19.8 Å². The van der Waals surface area contributed by atoms with Gasteiger partial charge in [-0.25, -0.2) is 0 Å². The molecule has 6 aromatic carbocycles. The molecule has 1 heteroatoms. The van der Waals surface area contributed by atoms with E-state index in [1.54, 1.807) is 0 Å². The van der Waals surface area contributed by atoms with Crippen molar-refractivity contribution in [3.63, 3.8) is 0 Å². The van der Waals surface area contributed by atoms with Crippen LogP contribution in [0.3, 0.4) is 0 Å². The average molecular weight is 735 g/mol. The molecule has 0 heterocycles. The molecule has 2 aliphatic carbocycles. The Morgan fingerprint density at radius 3 is 2.04 bits per heavy atom. The summed E-state index contributed by atoms with van der Waals surface area (Å²) < 4.78 is 0. The first-order chi connectivity index (χ1) is 27.9. The lowest BCUT2D eigenvalue weighted by molar-refractivity contribution is 0.610. The molecule has 0 aromatic heterocycles. The van der Waals surface area contributed by atoms with Gasteiger partial charge in [-0.3, -0.25) is 0 Å². The minimum Gasteiger partial charge on any atom is -0.102 e. The molecule has 2 unspecified atom stereocenters. The maximum Gasteiger partial charge on any atom is 0.243 e. The quantitative estimate of drug-likeness (QED) is 0.108. The number of fused-ring (bicyclic) bond motifs is 2. The molecule has 0 fully saturated rings. The first-order valence-electron chi connectivity index (χ1n) is 20.5. The van der Waals surface area contributed by atoms with E-state index in [0.717, 1.165) is 24.8 Å². The van der Waals surface area contributed by atoms with Crippen LogP contribution in [0.2, 0.25) is 0 Å². The highest BCUT2D eigenvalue weighted by molar-refractivity contribution is 6.95. The standard InChI is InChI=1S/C56H51B/c1-6-8-32-53-42(5)43(7-2)21-11-10-18-37-56(53,48-26-12-9-13-27-48)49-28-19-24-46(38-49)47-25-20-29-50(39-47)57(54-40(3)33-35-44-22-14-16-30-51(44)54)55-41(4)34-36-45-23-15-17-31-52(45)55/h6-19,21-24,26-36,38-39,43H,2,5,20,25,37H2,1,3-4H3/b8-6-,18-10-,21-11-,53-32+. The summed E-state index contributed by atoms with van der Waals surface area (Å²) in [6.07, 6.45) is 25.3. The largest absolute Gasteiger partial charge is 0.243 e. The van der Waals surface area contributed by atoms with Gasteiger partial charge in [-0.2, -0.15) is 0 Å². The van der Waals surface area contributed by atoms with Gasteiger partial charge >= 0.3 is 0 Å². The molecule has 278 valence electrons. The number of rotatable bonds is 8. The maximum absolute atomic E-state index is 4.78. The zero-order valence-electron chi connectivity index (χ0n) is 33.6. The summed E-state index contributed by atoms with van der Waals surface area (Å²) in [4.78, 5) is 0. The van der Waals surface area contributed by atoms with Gasteiger partial charge in [0.25, 0.3) is 0 Å². The number of aryl methyl sites for hydroxylation is 2. The van der Waals surface area contributed by atoms with E-state index in [2.05, 4.69) is 209 Å². The van der Waals surface area contributed by atoms with Gasteiger partial charge in [-0.1, -0.05) is 222 Å². The van der Waals surface area contributed by atoms with Gasteiger partial charge < -0.3 is 0 Å². The first kappa shape index (κ1) is 37.7. The van der Waals surface area contributed by atoms with Crippen LogP contribution in [0.5, 0.6) is 0 Å². The van der Waals surface area contributed by atoms with E-state index in [1.807, 2.05) is 6.08 Å². The Balaban J connectivity index is 1.34. The molecular formula is C56H51B. The molecule has 0 radical (unpaired) electrons. The predicted molar refractivity (Wildman–Crippen MR) is 250 cm³/mol. The fourth-order valence-electron chi connectivity index (χ4n) is 9.48. The molecule has 0 N–H and O–H groups in total. The van der Waals surface area contributed by atoms with Crippen molar-refractivity contribution in [2.75, 3.05) is 0 Å². The van der Waals surface area contributed by atoms with Gasteiger partial charge in [-0.15, -0.1) is 6.58 Å². The molecule has 2 atom stereocenters. The van der Waals surface area contributed by atoms with Crippen molar-refractivity contribution < 1.29 is 0 Å². The van der Waals surface area contributed by atoms with Gasteiger partial charge in [0.2, 0.25) is 6.71 Å². The van der Waals surface area contributed by atoms with Crippen LogP contribution in [0.1, 0.15) is 54.0 Å². The molecule has 0 amide bonds. The van der Waals surface area contributed by atoms with Crippen LogP contribution in [0.15, 0.2) is 218 Å². The highest BCUT2D eigenvalue weighted by atomic mass is 14.4. The van der Waals surface area contributed by atoms with E-state index < -0.39 is 5.41 Å². The lowest BCUT2D eigenvalue weighted by Gasteiger charge is -2.39. The molecule has 6 aromatic rings. The molecule has 0 bridgehead atoms. The molecule has 0 saturated carbocycles. The smallest absolute Gasteiger partial charge is 0.102 e. The van der Waals surface area contributed by atoms with Crippen LogP contribution >= 0.6 is 0 Å². The van der Waals surface area contributed by atoms with Gasteiger partial charge in [0.05, 0.1) is 0 Å². The van der Waals surface area contributed by atoms with Crippen LogP contribution in [-0.4, -0.2) is 6.71 Å². The van der Waals surface area contributed by atoms with Crippen LogP contribution in [0.4, 0.5) is 0 Å². The molecule has 0 saturated heterocycles. The van der Waals surface area contributed by atoms with Crippen LogP contribution in [-0.2, 0) is 5.41 Å². The zero-order valence-corrected chi connectivity index (χ0v) is 33.6. The van der Waals surface area contributed by atoms with E-state index in [1.165, 1.54) is 76.9 Å². The van der Waals surface area contributed by atoms with Crippen LogP contribution < -0.4 is 10.9 Å². The van der Waals surface area contributed by atoms with Gasteiger partial charge in [0.15, 0.2) is 0 Å². The highest BCUT2D eigenvalue weighted by Gasteiger charge is 2.40. The molecule has 0 nitrogen and oxygen atoms in total. The minimum absolute atomic E-state index is 0.0104. The maximum atomic E-state index is 4.78. The molecule has 8 rings (SSSR count). The summed E-state index contributed by atoms with van der Waals surface area (Å²) in [7, 11) is 0. The lowest BCUT2D eigenvalue weighted by Crippen LogP contribution is -2.47. The predicted octanol–water partition coefficient (Wildman–Crippen LogP) is 13.2. The fourth-order valence-corrected chi connectivity index (χ4v) is 9.48. The molecule has 0 aliphatic heterocycles. The van der Waals surface area contributed by atoms with Crippen molar-refractivity contribution in [1.82, 2.24) is 0 Å².